The standard InChI is InChI=1S/C20H33FN4OS.HI/c1-4-22-20(23-10-5-13-27-3)24-17-8-11-25(12-9-17)15-16-6-7-19(26-2)18(21)14-16;/h6-7,14,17H,4-5,8-13,15H2,1-3H3,(H2,22,23,24);1H. The second-order valence-electron chi connectivity index (χ2n) is 6.77. The Balaban J connectivity index is 0.00000392. The zero-order chi connectivity index (χ0) is 19.5. The smallest absolute Gasteiger partial charge is 0.191 e. The molecule has 5 nitrogen and oxygen atoms in total. The van der Waals surface area contributed by atoms with Crippen LogP contribution >= 0.6 is 35.7 Å². The third kappa shape index (κ3) is 8.73. The lowest BCUT2D eigenvalue weighted by Gasteiger charge is -2.33. The zero-order valence-corrected chi connectivity index (χ0v) is 20.3. The predicted molar refractivity (Wildman–Crippen MR) is 129 cm³/mol. The van der Waals surface area contributed by atoms with E-state index in [1.165, 1.54) is 7.11 Å². The molecule has 1 saturated heterocycles. The molecule has 0 amide bonds. The number of ether oxygens (including phenoxy) is 1. The topological polar surface area (TPSA) is 48.9 Å². The van der Waals surface area contributed by atoms with E-state index < -0.39 is 0 Å². The van der Waals surface area contributed by atoms with Crippen molar-refractivity contribution in [3.05, 3.63) is 29.6 Å². The summed E-state index contributed by atoms with van der Waals surface area (Å²) in [5.74, 6) is 2.08. The molecule has 1 aliphatic heterocycles. The molecule has 1 fully saturated rings. The molecule has 2 N–H and O–H groups in total. The fourth-order valence-electron chi connectivity index (χ4n) is 3.21. The van der Waals surface area contributed by atoms with Gasteiger partial charge in [0.05, 0.1) is 7.11 Å². The highest BCUT2D eigenvalue weighted by atomic mass is 127. The summed E-state index contributed by atoms with van der Waals surface area (Å²) < 4.78 is 18.8. The molecule has 1 aromatic carbocycles. The van der Waals surface area contributed by atoms with Crippen molar-refractivity contribution < 1.29 is 9.13 Å². The number of nitrogens with zero attached hydrogens (tertiary/aromatic N) is 2. The van der Waals surface area contributed by atoms with Gasteiger partial charge in [-0.25, -0.2) is 4.39 Å². The maximum Gasteiger partial charge on any atom is 0.191 e. The van der Waals surface area contributed by atoms with Gasteiger partial charge in [-0.3, -0.25) is 9.89 Å². The molecule has 2 rings (SSSR count). The lowest BCUT2D eigenvalue weighted by Crippen LogP contribution is -2.48. The summed E-state index contributed by atoms with van der Waals surface area (Å²) in [7, 11) is 1.49. The van der Waals surface area contributed by atoms with E-state index in [1.807, 2.05) is 17.8 Å². The third-order valence-corrected chi connectivity index (χ3v) is 5.37. The van der Waals surface area contributed by atoms with Gasteiger partial charge in [0.15, 0.2) is 17.5 Å². The number of benzene rings is 1. The van der Waals surface area contributed by atoms with Gasteiger partial charge >= 0.3 is 0 Å². The van der Waals surface area contributed by atoms with Gasteiger partial charge in [0.25, 0.3) is 0 Å². The monoisotopic (exact) mass is 524 g/mol. The van der Waals surface area contributed by atoms with Gasteiger partial charge in [0, 0.05) is 38.8 Å². The summed E-state index contributed by atoms with van der Waals surface area (Å²) in [6.45, 7) is 6.59. The van der Waals surface area contributed by atoms with Gasteiger partial charge in [0.2, 0.25) is 0 Å². The molecule has 28 heavy (non-hydrogen) atoms. The molecule has 1 aliphatic rings. The molecule has 8 heteroatoms. The van der Waals surface area contributed by atoms with Crippen molar-refractivity contribution in [3.63, 3.8) is 0 Å². The number of halogens is 2. The van der Waals surface area contributed by atoms with Crippen LogP contribution in [0.4, 0.5) is 4.39 Å². The lowest BCUT2D eigenvalue weighted by atomic mass is 10.0. The number of aliphatic imine (C=N–C) groups is 1. The van der Waals surface area contributed by atoms with Crippen molar-refractivity contribution in [1.29, 1.82) is 0 Å². The Morgan fingerprint density at radius 3 is 2.71 bits per heavy atom. The fraction of sp³-hybridized carbons (Fsp3) is 0.650. The van der Waals surface area contributed by atoms with Crippen molar-refractivity contribution in [1.82, 2.24) is 15.5 Å². The van der Waals surface area contributed by atoms with E-state index in [2.05, 4.69) is 33.7 Å². The largest absolute Gasteiger partial charge is 0.494 e. The number of piperidine rings is 1. The summed E-state index contributed by atoms with van der Waals surface area (Å²) in [6, 6.07) is 5.66. The van der Waals surface area contributed by atoms with E-state index >= 15 is 0 Å². The quantitative estimate of drug-likeness (QED) is 0.223. The van der Waals surface area contributed by atoms with Crippen LogP contribution in [0.2, 0.25) is 0 Å². The van der Waals surface area contributed by atoms with Crippen molar-refractivity contribution in [2.24, 2.45) is 4.99 Å². The van der Waals surface area contributed by atoms with Crippen LogP contribution in [0.5, 0.6) is 5.75 Å². The molecule has 0 unspecified atom stereocenters. The molecule has 0 aliphatic carbocycles. The van der Waals surface area contributed by atoms with Crippen molar-refractivity contribution in [2.75, 3.05) is 45.3 Å². The van der Waals surface area contributed by atoms with Crippen LogP contribution in [-0.4, -0.2) is 62.2 Å². The molecule has 1 aromatic rings. The van der Waals surface area contributed by atoms with Gasteiger partial charge in [0.1, 0.15) is 0 Å². The second kappa shape index (κ2) is 14.3. The Kier molecular flexibility index (Phi) is 12.9. The highest BCUT2D eigenvalue weighted by Gasteiger charge is 2.20. The molecular weight excluding hydrogens is 490 g/mol. The van der Waals surface area contributed by atoms with Crippen LogP contribution in [0.25, 0.3) is 0 Å². The number of hydrogen-bond acceptors (Lipinski definition) is 4. The normalized spacial score (nSPS) is 15.8. The molecule has 0 aromatic heterocycles. The van der Waals surface area contributed by atoms with Crippen molar-refractivity contribution in [3.8, 4) is 5.75 Å². The molecule has 0 spiro atoms. The number of likely N-dealkylation sites (tertiary alicyclic amines) is 1. The first kappa shape index (κ1) is 25.3. The highest BCUT2D eigenvalue weighted by Crippen LogP contribution is 2.20. The van der Waals surface area contributed by atoms with Crippen LogP contribution < -0.4 is 15.4 Å². The van der Waals surface area contributed by atoms with E-state index in [9.17, 15) is 4.39 Å². The Hall–Kier alpha value is -0.740. The molecule has 160 valence electrons. The summed E-state index contributed by atoms with van der Waals surface area (Å²) in [6.07, 6.45) is 5.36. The SMILES string of the molecule is CCNC(=NCCCSC)NC1CCN(Cc2ccc(OC)c(F)c2)CC1.I. The maximum atomic E-state index is 13.9. The van der Waals surface area contributed by atoms with Crippen LogP contribution in [0.3, 0.4) is 0 Å². The first-order valence-corrected chi connectivity index (χ1v) is 11.1. The Bertz CT molecular complexity index is 598. The minimum atomic E-state index is -0.292. The van der Waals surface area contributed by atoms with E-state index in [0.717, 1.165) is 69.3 Å². The average molecular weight is 524 g/mol. The van der Waals surface area contributed by atoms with Gasteiger partial charge in [-0.15, -0.1) is 24.0 Å². The lowest BCUT2D eigenvalue weighted by molar-refractivity contribution is 0.198. The van der Waals surface area contributed by atoms with Crippen LogP contribution in [0, 0.1) is 5.82 Å². The van der Waals surface area contributed by atoms with Gasteiger partial charge in [-0.2, -0.15) is 11.8 Å². The maximum absolute atomic E-state index is 13.9. The first-order chi connectivity index (χ1) is 13.2. The van der Waals surface area contributed by atoms with Crippen molar-refractivity contribution in [2.45, 2.75) is 38.8 Å². The van der Waals surface area contributed by atoms with Crippen LogP contribution in [0.1, 0.15) is 31.7 Å². The van der Waals surface area contributed by atoms with E-state index in [4.69, 9.17) is 4.74 Å². The van der Waals surface area contributed by atoms with Gasteiger partial charge in [-0.1, -0.05) is 6.07 Å². The number of rotatable bonds is 9. The van der Waals surface area contributed by atoms with Crippen molar-refractivity contribution >= 4 is 41.7 Å². The second-order valence-corrected chi connectivity index (χ2v) is 7.76. The Labute approximate surface area is 190 Å². The molecule has 0 saturated carbocycles. The molecule has 0 bridgehead atoms. The predicted octanol–water partition coefficient (Wildman–Crippen LogP) is 3.72. The number of nitrogens with one attached hydrogen (secondary N) is 2. The number of thioether (sulfide) groups is 1. The molecule has 0 radical (unpaired) electrons. The van der Waals surface area contributed by atoms with Crippen LogP contribution in [0.15, 0.2) is 23.2 Å². The van der Waals surface area contributed by atoms with Gasteiger partial charge < -0.3 is 15.4 Å². The number of guanidine groups is 1. The summed E-state index contributed by atoms with van der Waals surface area (Å²) >= 11 is 1.86. The van der Waals surface area contributed by atoms with E-state index in [-0.39, 0.29) is 29.8 Å². The minimum absolute atomic E-state index is 0. The molecular formula is C20H34FIN4OS. The average Bonchev–Trinajstić information content (AvgIpc) is 2.67. The van der Waals surface area contributed by atoms with Crippen LogP contribution in [-0.2, 0) is 6.54 Å². The molecule has 0 atom stereocenters. The Morgan fingerprint density at radius 1 is 1.36 bits per heavy atom. The zero-order valence-electron chi connectivity index (χ0n) is 17.2. The van der Waals surface area contributed by atoms with E-state index in [0.29, 0.717) is 11.8 Å². The number of methoxy groups -OCH3 is 1. The fourth-order valence-corrected chi connectivity index (χ4v) is 3.63. The first-order valence-electron chi connectivity index (χ1n) is 9.74. The Morgan fingerprint density at radius 2 is 2.11 bits per heavy atom. The van der Waals surface area contributed by atoms with E-state index in [1.54, 1.807) is 12.1 Å². The minimum Gasteiger partial charge on any atom is -0.494 e. The summed E-state index contributed by atoms with van der Waals surface area (Å²) in [5, 5.41) is 6.91. The summed E-state index contributed by atoms with van der Waals surface area (Å²) in [5.41, 5.74) is 0.989. The molecule has 1 heterocycles. The third-order valence-electron chi connectivity index (χ3n) is 4.67. The highest BCUT2D eigenvalue weighted by molar-refractivity contribution is 14.0. The number of hydrogen-bond donors (Lipinski definition) is 2. The summed E-state index contributed by atoms with van der Waals surface area (Å²) in [4.78, 5) is 7.05. The van der Waals surface area contributed by atoms with Gasteiger partial charge in [-0.05, 0) is 55.9 Å².